The van der Waals surface area contributed by atoms with Crippen molar-refractivity contribution in [1.82, 2.24) is 14.7 Å². The number of ether oxygens (including phenoxy) is 3. The van der Waals surface area contributed by atoms with Crippen LogP contribution in [0.15, 0.2) is 72.8 Å². The van der Waals surface area contributed by atoms with Crippen LogP contribution in [0.2, 0.25) is 0 Å². The molecule has 1 aliphatic heterocycles. The second kappa shape index (κ2) is 12.3. The van der Waals surface area contributed by atoms with Crippen LogP contribution in [0, 0.1) is 11.6 Å². The normalized spacial score (nSPS) is 14.8. The number of aromatic nitrogens is 2. The summed E-state index contributed by atoms with van der Waals surface area (Å²) in [4.78, 5) is 15.5. The molecule has 1 aliphatic rings. The van der Waals surface area contributed by atoms with Gasteiger partial charge >= 0.3 is 0 Å². The predicted molar refractivity (Wildman–Crippen MR) is 146 cm³/mol. The van der Waals surface area contributed by atoms with Gasteiger partial charge in [0.15, 0.2) is 11.6 Å². The molecule has 0 N–H and O–H groups in total. The van der Waals surface area contributed by atoms with Gasteiger partial charge in [-0.25, -0.2) is 13.5 Å². The second-order valence-electron chi connectivity index (χ2n) is 9.56. The maximum absolute atomic E-state index is 14.8. The zero-order valence-corrected chi connectivity index (χ0v) is 22.5. The molecular formula is C31H31F2N3O4. The van der Waals surface area contributed by atoms with Crippen LogP contribution in [0.4, 0.5) is 8.78 Å². The number of rotatable bonds is 10. The van der Waals surface area contributed by atoms with Crippen LogP contribution < -0.4 is 9.47 Å². The Morgan fingerprint density at radius 1 is 1.10 bits per heavy atom. The average molecular weight is 548 g/mol. The highest BCUT2D eigenvalue weighted by molar-refractivity contribution is 5.94. The van der Waals surface area contributed by atoms with Crippen molar-refractivity contribution in [3.05, 3.63) is 101 Å². The number of hydrogen-bond acceptors (Lipinski definition) is 5. The van der Waals surface area contributed by atoms with E-state index in [0.717, 1.165) is 25.0 Å². The van der Waals surface area contributed by atoms with Crippen molar-refractivity contribution < 1.29 is 27.8 Å². The second-order valence-corrected chi connectivity index (χ2v) is 9.56. The number of halogens is 2. The quantitative estimate of drug-likeness (QED) is 0.232. The van der Waals surface area contributed by atoms with E-state index in [1.165, 1.54) is 6.07 Å². The molecule has 0 aliphatic carbocycles. The molecule has 7 nitrogen and oxygen atoms in total. The summed E-state index contributed by atoms with van der Waals surface area (Å²) in [6.07, 6.45) is 2.24. The molecule has 5 rings (SSSR count). The highest BCUT2D eigenvalue weighted by atomic mass is 19.1. The van der Waals surface area contributed by atoms with Crippen molar-refractivity contribution in [1.29, 1.82) is 0 Å². The van der Waals surface area contributed by atoms with Gasteiger partial charge in [-0.3, -0.25) is 4.79 Å². The Morgan fingerprint density at radius 2 is 1.88 bits per heavy atom. The molecule has 1 amide bonds. The Hall–Kier alpha value is -4.24. The molecule has 0 saturated carbocycles. The third-order valence-corrected chi connectivity index (χ3v) is 6.88. The number of carbonyl (C=O) groups is 1. The summed E-state index contributed by atoms with van der Waals surface area (Å²) >= 11 is 0. The summed E-state index contributed by atoms with van der Waals surface area (Å²) in [5, 5.41) is 4.80. The molecule has 1 fully saturated rings. The Balaban J connectivity index is 1.60. The van der Waals surface area contributed by atoms with Gasteiger partial charge in [0.25, 0.3) is 5.91 Å². The molecule has 2 heterocycles. The van der Waals surface area contributed by atoms with Crippen molar-refractivity contribution in [3.8, 4) is 23.1 Å². The fourth-order valence-electron chi connectivity index (χ4n) is 4.79. The fraction of sp³-hybridized carbons (Fsp3) is 0.290. The lowest BCUT2D eigenvalue weighted by molar-refractivity contribution is 0.0505. The number of methoxy groups -OCH3 is 1. The van der Waals surface area contributed by atoms with Crippen molar-refractivity contribution in [2.45, 2.75) is 38.8 Å². The molecule has 9 heteroatoms. The van der Waals surface area contributed by atoms with Gasteiger partial charge in [-0.05, 0) is 67.8 Å². The van der Waals surface area contributed by atoms with E-state index in [-0.39, 0.29) is 30.2 Å². The predicted octanol–water partition coefficient (Wildman–Crippen LogP) is 6.34. The lowest BCUT2D eigenvalue weighted by Crippen LogP contribution is -2.37. The minimum Gasteiger partial charge on any atom is -0.497 e. The van der Waals surface area contributed by atoms with Gasteiger partial charge in [0, 0.05) is 24.8 Å². The van der Waals surface area contributed by atoms with Crippen LogP contribution in [0.25, 0.3) is 5.69 Å². The van der Waals surface area contributed by atoms with E-state index < -0.39 is 11.6 Å². The van der Waals surface area contributed by atoms with Crippen LogP contribution >= 0.6 is 0 Å². The van der Waals surface area contributed by atoms with E-state index in [4.69, 9.17) is 19.3 Å². The summed E-state index contributed by atoms with van der Waals surface area (Å²) in [6, 6.07) is 19.4. The van der Waals surface area contributed by atoms with E-state index in [1.54, 1.807) is 41.0 Å². The van der Waals surface area contributed by atoms with Crippen molar-refractivity contribution in [2.75, 3.05) is 20.3 Å². The number of benzene rings is 3. The Bertz CT molecular complexity index is 1450. The minimum atomic E-state index is -0.844. The van der Waals surface area contributed by atoms with Crippen LogP contribution in [0.3, 0.4) is 0 Å². The van der Waals surface area contributed by atoms with Crippen molar-refractivity contribution in [3.63, 3.8) is 0 Å². The monoisotopic (exact) mass is 547 g/mol. The van der Waals surface area contributed by atoms with Crippen LogP contribution in [0.1, 0.15) is 41.4 Å². The topological polar surface area (TPSA) is 65.8 Å². The molecule has 0 unspecified atom stereocenters. The number of hydrogen-bond donors (Lipinski definition) is 0. The Kier molecular flexibility index (Phi) is 8.40. The number of aryl methyl sites for hydroxylation is 1. The van der Waals surface area contributed by atoms with Gasteiger partial charge in [-0.1, -0.05) is 25.1 Å². The van der Waals surface area contributed by atoms with Crippen LogP contribution in [0.5, 0.6) is 17.4 Å². The van der Waals surface area contributed by atoms with Crippen LogP contribution in [-0.2, 0) is 17.7 Å². The molecule has 1 aromatic heterocycles. The maximum Gasteiger partial charge on any atom is 0.254 e. The first-order valence-electron chi connectivity index (χ1n) is 13.3. The molecule has 208 valence electrons. The minimum absolute atomic E-state index is 0.0896. The largest absolute Gasteiger partial charge is 0.497 e. The Morgan fingerprint density at radius 3 is 2.52 bits per heavy atom. The molecule has 1 saturated heterocycles. The number of nitrogens with zero attached hydrogens (tertiary/aromatic N) is 3. The molecule has 40 heavy (non-hydrogen) atoms. The van der Waals surface area contributed by atoms with Gasteiger partial charge in [0.2, 0.25) is 5.88 Å². The summed E-state index contributed by atoms with van der Waals surface area (Å²) in [5.74, 6) is -0.961. The molecule has 0 bridgehead atoms. The molecular weight excluding hydrogens is 516 g/mol. The SMILES string of the molecule is CCc1nn(-c2ccc(OC)cc2)c(Oc2ccc(F)cc2F)c1CN(C[C@@H]1CCCO1)C(=O)c1ccccc1. The van der Waals surface area contributed by atoms with E-state index >= 15 is 0 Å². The lowest BCUT2D eigenvalue weighted by Gasteiger charge is -2.26. The molecule has 3 aromatic carbocycles. The van der Waals surface area contributed by atoms with E-state index in [2.05, 4.69) is 0 Å². The fourth-order valence-corrected chi connectivity index (χ4v) is 4.79. The summed E-state index contributed by atoms with van der Waals surface area (Å²) in [6.45, 7) is 3.15. The maximum atomic E-state index is 14.8. The first kappa shape index (κ1) is 27.3. The van der Waals surface area contributed by atoms with Gasteiger partial charge in [0.1, 0.15) is 11.6 Å². The highest BCUT2D eigenvalue weighted by Crippen LogP contribution is 2.34. The zero-order chi connectivity index (χ0) is 28.1. The molecule has 1 atom stereocenters. The van der Waals surface area contributed by atoms with E-state index in [0.29, 0.717) is 47.8 Å². The third-order valence-electron chi connectivity index (χ3n) is 6.88. The molecule has 4 aromatic rings. The summed E-state index contributed by atoms with van der Waals surface area (Å²) in [5.41, 5.74) is 2.52. The van der Waals surface area contributed by atoms with Gasteiger partial charge in [-0.2, -0.15) is 5.10 Å². The van der Waals surface area contributed by atoms with E-state index in [9.17, 15) is 13.6 Å². The van der Waals surface area contributed by atoms with Gasteiger partial charge in [-0.15, -0.1) is 0 Å². The first-order valence-corrected chi connectivity index (χ1v) is 13.3. The summed E-state index contributed by atoms with van der Waals surface area (Å²) in [7, 11) is 1.58. The standard InChI is InChI=1S/C31H31F2N3O4/c1-3-28-26(20-35(19-25-10-7-17-39-25)30(37)21-8-5-4-6-9-21)31(40-29-16-11-22(32)18-27(29)33)36(34-28)23-12-14-24(38-2)15-13-23/h4-6,8-9,11-16,18,25H,3,7,10,17,19-20H2,1-2H3/t25-/m0/s1. The van der Waals surface area contributed by atoms with Crippen molar-refractivity contribution in [2.24, 2.45) is 0 Å². The van der Waals surface area contributed by atoms with Crippen LogP contribution in [-0.4, -0.2) is 47.0 Å². The number of amides is 1. The zero-order valence-electron chi connectivity index (χ0n) is 22.5. The third kappa shape index (κ3) is 5.99. The Labute approximate surface area is 231 Å². The average Bonchev–Trinajstić information content (AvgIpc) is 3.62. The summed E-state index contributed by atoms with van der Waals surface area (Å²) < 4.78 is 47.3. The van der Waals surface area contributed by atoms with E-state index in [1.807, 2.05) is 37.3 Å². The lowest BCUT2D eigenvalue weighted by atomic mass is 10.1. The first-order chi connectivity index (χ1) is 19.5. The van der Waals surface area contributed by atoms with Gasteiger partial charge in [0.05, 0.1) is 36.7 Å². The highest BCUT2D eigenvalue weighted by Gasteiger charge is 2.29. The van der Waals surface area contributed by atoms with Crippen molar-refractivity contribution >= 4 is 5.91 Å². The number of carbonyl (C=O) groups excluding carboxylic acids is 1. The smallest absolute Gasteiger partial charge is 0.254 e. The molecule has 0 radical (unpaired) electrons. The van der Waals surface area contributed by atoms with Gasteiger partial charge < -0.3 is 19.1 Å². The molecule has 0 spiro atoms.